The van der Waals surface area contributed by atoms with Crippen molar-refractivity contribution in [1.82, 2.24) is 10.5 Å². The summed E-state index contributed by atoms with van der Waals surface area (Å²) in [6.45, 7) is 0. The number of esters is 1. The van der Waals surface area contributed by atoms with Crippen LogP contribution in [-0.4, -0.2) is 30.2 Å². The Hall–Kier alpha value is -1.85. The molecule has 6 heteroatoms. The monoisotopic (exact) mass is 318 g/mol. The topological polar surface area (TPSA) is 81.4 Å². The van der Waals surface area contributed by atoms with Gasteiger partial charge in [0.2, 0.25) is 0 Å². The summed E-state index contributed by atoms with van der Waals surface area (Å²) in [6, 6.07) is -0.135. The summed E-state index contributed by atoms with van der Waals surface area (Å²) in [4.78, 5) is 24.8. The average Bonchev–Trinajstić information content (AvgIpc) is 3.27. The van der Waals surface area contributed by atoms with E-state index in [4.69, 9.17) is 9.26 Å². The number of amides is 1. The zero-order valence-corrected chi connectivity index (χ0v) is 13.3. The van der Waals surface area contributed by atoms with Crippen LogP contribution < -0.4 is 5.32 Å². The third kappa shape index (κ3) is 2.35. The fourth-order valence-electron chi connectivity index (χ4n) is 4.76. The Morgan fingerprint density at radius 3 is 2.83 bits per heavy atom. The average molecular weight is 318 g/mol. The summed E-state index contributed by atoms with van der Waals surface area (Å²) in [5, 5.41) is 7.05. The maximum absolute atomic E-state index is 12.7. The molecule has 0 aromatic carbocycles. The molecule has 0 aliphatic heterocycles. The minimum absolute atomic E-state index is 0.135. The highest BCUT2D eigenvalue weighted by Crippen LogP contribution is 2.49. The number of rotatable bonds is 3. The van der Waals surface area contributed by atoms with Crippen molar-refractivity contribution in [2.24, 2.45) is 17.8 Å². The zero-order valence-electron chi connectivity index (χ0n) is 13.3. The van der Waals surface area contributed by atoms with Gasteiger partial charge < -0.3 is 14.6 Å². The van der Waals surface area contributed by atoms with E-state index in [1.807, 2.05) is 0 Å². The summed E-state index contributed by atoms with van der Waals surface area (Å²) < 4.78 is 10.3. The highest BCUT2D eigenvalue weighted by Gasteiger charge is 2.52. The van der Waals surface area contributed by atoms with Gasteiger partial charge >= 0.3 is 5.97 Å². The molecular formula is C17H22N2O4. The third-order valence-electron chi connectivity index (χ3n) is 5.85. The number of methoxy groups -OCH3 is 1. The first kappa shape index (κ1) is 14.7. The van der Waals surface area contributed by atoms with Crippen molar-refractivity contribution in [3.8, 4) is 0 Å². The number of nitrogens with zero attached hydrogens (tertiary/aromatic N) is 1. The van der Waals surface area contributed by atoms with Gasteiger partial charge in [-0.05, 0) is 50.4 Å². The van der Waals surface area contributed by atoms with E-state index in [2.05, 4.69) is 10.5 Å². The van der Waals surface area contributed by atoms with Crippen LogP contribution in [0.1, 0.15) is 53.9 Å². The van der Waals surface area contributed by atoms with Gasteiger partial charge in [-0.2, -0.15) is 0 Å². The molecule has 1 heterocycles. The van der Waals surface area contributed by atoms with Crippen molar-refractivity contribution in [2.45, 2.75) is 51.0 Å². The molecule has 0 unspecified atom stereocenters. The van der Waals surface area contributed by atoms with Crippen molar-refractivity contribution >= 4 is 11.9 Å². The van der Waals surface area contributed by atoms with Crippen LogP contribution in [-0.2, 0) is 22.4 Å². The Balaban J connectivity index is 1.54. The minimum Gasteiger partial charge on any atom is -0.469 e. The standard InChI is InChI=1S/C17H22N2O4/c1-22-17(21)13-9-6-7-10(8-9)14(13)18-16(20)15-11-4-2-3-5-12(11)23-19-15/h9-10,13-14H,2-8H2,1H3,(H,18,20)/t9-,10-,13-,14-/m0/s1. The highest BCUT2D eigenvalue weighted by atomic mass is 16.5. The van der Waals surface area contributed by atoms with Crippen LogP contribution in [0.5, 0.6) is 0 Å². The number of hydrogen-bond acceptors (Lipinski definition) is 5. The number of ether oxygens (including phenoxy) is 1. The van der Waals surface area contributed by atoms with Crippen molar-refractivity contribution in [2.75, 3.05) is 7.11 Å². The second kappa shape index (κ2) is 5.65. The zero-order chi connectivity index (χ0) is 16.0. The largest absolute Gasteiger partial charge is 0.469 e. The van der Waals surface area contributed by atoms with Gasteiger partial charge in [0.25, 0.3) is 5.91 Å². The van der Waals surface area contributed by atoms with Gasteiger partial charge in [-0.25, -0.2) is 0 Å². The number of aryl methyl sites for hydroxylation is 1. The summed E-state index contributed by atoms with van der Waals surface area (Å²) in [5.41, 5.74) is 1.36. The first-order valence-corrected chi connectivity index (χ1v) is 8.55. The molecule has 6 nitrogen and oxygen atoms in total. The Morgan fingerprint density at radius 2 is 2.00 bits per heavy atom. The predicted molar refractivity (Wildman–Crippen MR) is 80.7 cm³/mol. The van der Waals surface area contributed by atoms with E-state index in [0.717, 1.165) is 56.3 Å². The lowest BCUT2D eigenvalue weighted by Gasteiger charge is -2.29. The molecule has 1 N–H and O–H groups in total. The molecule has 3 aliphatic rings. The van der Waals surface area contributed by atoms with Crippen LogP contribution in [0.25, 0.3) is 0 Å². The molecule has 1 aromatic rings. The molecule has 3 aliphatic carbocycles. The maximum Gasteiger partial charge on any atom is 0.311 e. The molecule has 0 spiro atoms. The molecule has 2 fully saturated rings. The first-order chi connectivity index (χ1) is 11.2. The summed E-state index contributed by atoms with van der Waals surface area (Å²) in [6.07, 6.45) is 6.97. The molecule has 4 rings (SSSR count). The molecular weight excluding hydrogens is 296 g/mol. The number of hydrogen-bond donors (Lipinski definition) is 1. The molecule has 2 saturated carbocycles. The highest BCUT2D eigenvalue weighted by molar-refractivity contribution is 5.94. The number of nitrogens with one attached hydrogen (secondary N) is 1. The molecule has 0 radical (unpaired) electrons. The molecule has 1 aromatic heterocycles. The summed E-state index contributed by atoms with van der Waals surface area (Å²) in [5.74, 6) is 0.928. The Labute approximate surface area is 134 Å². The van der Waals surface area contributed by atoms with Crippen LogP contribution in [0.15, 0.2) is 4.52 Å². The molecule has 23 heavy (non-hydrogen) atoms. The van der Waals surface area contributed by atoms with Gasteiger partial charge in [-0.1, -0.05) is 5.16 Å². The third-order valence-corrected chi connectivity index (χ3v) is 5.85. The number of carbonyl (C=O) groups excluding carboxylic acids is 2. The van der Waals surface area contributed by atoms with Crippen molar-refractivity contribution in [3.05, 3.63) is 17.0 Å². The second-order valence-electron chi connectivity index (χ2n) is 7.02. The Morgan fingerprint density at radius 1 is 1.22 bits per heavy atom. The van der Waals surface area contributed by atoms with Gasteiger partial charge in [0.15, 0.2) is 5.69 Å². The van der Waals surface area contributed by atoms with E-state index in [1.165, 1.54) is 7.11 Å². The predicted octanol–water partition coefficient (Wildman–Crippen LogP) is 1.87. The smallest absolute Gasteiger partial charge is 0.311 e. The second-order valence-corrected chi connectivity index (χ2v) is 7.02. The van der Waals surface area contributed by atoms with E-state index in [9.17, 15) is 9.59 Å². The summed E-state index contributed by atoms with van der Waals surface area (Å²) in [7, 11) is 1.42. The fraction of sp³-hybridized carbons (Fsp3) is 0.706. The van der Waals surface area contributed by atoms with E-state index in [1.54, 1.807) is 0 Å². The van der Waals surface area contributed by atoms with Gasteiger partial charge in [-0.15, -0.1) is 0 Å². The lowest BCUT2D eigenvalue weighted by Crippen LogP contribution is -2.47. The Kier molecular flexibility index (Phi) is 3.62. The van der Waals surface area contributed by atoms with E-state index in [0.29, 0.717) is 17.5 Å². The Bertz CT molecular complexity index is 639. The van der Waals surface area contributed by atoms with Crippen molar-refractivity contribution in [1.29, 1.82) is 0 Å². The lowest BCUT2D eigenvalue weighted by molar-refractivity contribution is -0.148. The normalized spacial score (nSPS) is 31.7. The lowest BCUT2D eigenvalue weighted by atomic mass is 9.84. The van der Waals surface area contributed by atoms with E-state index >= 15 is 0 Å². The van der Waals surface area contributed by atoms with Gasteiger partial charge in [0.1, 0.15) is 5.76 Å². The van der Waals surface area contributed by atoms with E-state index in [-0.39, 0.29) is 23.8 Å². The van der Waals surface area contributed by atoms with Crippen molar-refractivity contribution in [3.63, 3.8) is 0 Å². The molecule has 2 bridgehead atoms. The van der Waals surface area contributed by atoms with Crippen LogP contribution in [0.4, 0.5) is 0 Å². The number of aromatic nitrogens is 1. The number of fused-ring (bicyclic) bond motifs is 3. The van der Waals surface area contributed by atoms with Crippen LogP contribution >= 0.6 is 0 Å². The van der Waals surface area contributed by atoms with Gasteiger partial charge in [0, 0.05) is 18.0 Å². The quantitative estimate of drug-likeness (QED) is 0.861. The molecule has 4 atom stereocenters. The van der Waals surface area contributed by atoms with Crippen LogP contribution in [0.2, 0.25) is 0 Å². The fourth-order valence-corrected chi connectivity index (χ4v) is 4.76. The minimum atomic E-state index is -0.217. The molecule has 124 valence electrons. The maximum atomic E-state index is 12.7. The van der Waals surface area contributed by atoms with Gasteiger partial charge in [-0.3, -0.25) is 9.59 Å². The van der Waals surface area contributed by atoms with E-state index < -0.39 is 0 Å². The van der Waals surface area contributed by atoms with Crippen LogP contribution in [0, 0.1) is 17.8 Å². The van der Waals surface area contributed by atoms with Crippen molar-refractivity contribution < 1.29 is 18.8 Å². The SMILES string of the molecule is COC(=O)[C@H]1[C@H]2CC[C@@H](C2)[C@@H]1NC(=O)c1noc2c1CCCC2. The number of carbonyl (C=O) groups is 2. The summed E-state index contributed by atoms with van der Waals surface area (Å²) >= 11 is 0. The van der Waals surface area contributed by atoms with Gasteiger partial charge in [0.05, 0.1) is 13.0 Å². The molecule has 1 amide bonds. The van der Waals surface area contributed by atoms with Crippen LogP contribution in [0.3, 0.4) is 0 Å². The first-order valence-electron chi connectivity index (χ1n) is 8.55. The molecule has 0 saturated heterocycles.